The highest BCUT2D eigenvalue weighted by atomic mass is 31.0. The second kappa shape index (κ2) is 5.29. The van der Waals surface area contributed by atoms with Gasteiger partial charge in [0.15, 0.2) is 0 Å². The largest absolute Gasteiger partial charge is 0.412 e. The minimum absolute atomic E-state index is 0. The highest BCUT2D eigenvalue weighted by Crippen LogP contribution is 2.19. The van der Waals surface area contributed by atoms with Crippen LogP contribution in [-0.4, -0.2) is 5.48 Å². The van der Waals surface area contributed by atoms with Gasteiger partial charge >= 0.3 is 0 Å². The van der Waals surface area contributed by atoms with Crippen molar-refractivity contribution in [2.45, 2.75) is 25.7 Å². The number of hydrogen-bond acceptors (Lipinski definition) is 0. The van der Waals surface area contributed by atoms with Crippen molar-refractivity contribution in [1.29, 1.82) is 0 Å². The Kier molecular flexibility index (Phi) is 5.12. The molecule has 68 valence electrons. The summed E-state index contributed by atoms with van der Waals surface area (Å²) >= 11 is 0. The summed E-state index contributed by atoms with van der Waals surface area (Å²) < 4.78 is 0. The Morgan fingerprint density at radius 1 is 0.833 bits per heavy atom. The lowest BCUT2D eigenvalue weighted by Gasteiger charge is -2.13. The maximum atomic E-state index is 2.26. The van der Waals surface area contributed by atoms with Crippen molar-refractivity contribution in [2.24, 2.45) is 0 Å². The normalized spacial score (nSPS) is 13.7. The fraction of sp³-hybridized carbons (Fsp3) is 0.400. The van der Waals surface area contributed by atoms with E-state index in [0.29, 0.717) is 0 Å². The molecular formula is C10H17OP. The Morgan fingerprint density at radius 3 is 1.67 bits per heavy atom. The first kappa shape index (κ1) is 11.6. The first-order valence-corrected chi connectivity index (χ1v) is 4.03. The van der Waals surface area contributed by atoms with E-state index in [4.69, 9.17) is 0 Å². The number of hydrogen-bond donors (Lipinski definition) is 0. The van der Waals surface area contributed by atoms with Crippen LogP contribution in [0.3, 0.4) is 0 Å². The van der Waals surface area contributed by atoms with Crippen LogP contribution in [0.2, 0.25) is 0 Å². The van der Waals surface area contributed by atoms with Gasteiger partial charge in [0.2, 0.25) is 0 Å². The third-order valence-corrected chi connectivity index (χ3v) is 2.26. The van der Waals surface area contributed by atoms with Crippen molar-refractivity contribution in [3.8, 4) is 0 Å². The van der Waals surface area contributed by atoms with Crippen LogP contribution in [-0.2, 0) is 12.8 Å². The molecule has 0 bridgehead atoms. The molecular weight excluding hydrogens is 167 g/mol. The predicted molar refractivity (Wildman–Crippen MR) is 57.8 cm³/mol. The van der Waals surface area contributed by atoms with Gasteiger partial charge in [-0.2, -0.15) is 9.90 Å². The van der Waals surface area contributed by atoms with Crippen LogP contribution >= 0.6 is 9.90 Å². The van der Waals surface area contributed by atoms with Crippen LogP contribution in [0.15, 0.2) is 24.3 Å². The number of benzene rings is 1. The molecule has 2 heteroatoms. The van der Waals surface area contributed by atoms with E-state index in [1.54, 1.807) is 11.1 Å². The zero-order chi connectivity index (χ0) is 6.81. The molecule has 1 nitrogen and oxygen atoms in total. The van der Waals surface area contributed by atoms with Gasteiger partial charge in [0.1, 0.15) is 0 Å². The van der Waals surface area contributed by atoms with Gasteiger partial charge in [-0.15, -0.1) is 0 Å². The number of fused-ring (bicyclic) bond motifs is 1. The highest BCUT2D eigenvalue weighted by Gasteiger charge is 2.05. The lowest BCUT2D eigenvalue weighted by molar-refractivity contribution is 0.685. The van der Waals surface area contributed by atoms with Crippen molar-refractivity contribution in [3.05, 3.63) is 35.4 Å². The van der Waals surface area contributed by atoms with E-state index < -0.39 is 0 Å². The van der Waals surface area contributed by atoms with Gasteiger partial charge in [0, 0.05) is 0 Å². The van der Waals surface area contributed by atoms with Crippen LogP contribution < -0.4 is 0 Å². The van der Waals surface area contributed by atoms with Crippen LogP contribution in [0, 0.1) is 0 Å². The zero-order valence-electron chi connectivity index (χ0n) is 7.34. The molecule has 1 unspecified atom stereocenters. The Labute approximate surface area is 77.1 Å². The molecule has 1 aliphatic rings. The molecule has 1 atom stereocenters. The lowest BCUT2D eigenvalue weighted by atomic mass is 9.92. The first-order valence-electron chi connectivity index (χ1n) is 4.03. The van der Waals surface area contributed by atoms with Gasteiger partial charge in [-0.3, -0.25) is 0 Å². The number of aryl methyl sites for hydroxylation is 2. The molecule has 0 heterocycles. The molecule has 0 aromatic heterocycles. The molecule has 0 spiro atoms. The Bertz CT molecular complexity index is 210. The Hall–Kier alpha value is -0.390. The predicted octanol–water partition coefficient (Wildman–Crippen LogP) is 1.80. The minimum Gasteiger partial charge on any atom is -0.412 e. The molecule has 0 fully saturated rings. The van der Waals surface area contributed by atoms with Gasteiger partial charge in [-0.1, -0.05) is 24.3 Å². The van der Waals surface area contributed by atoms with E-state index in [1.165, 1.54) is 25.7 Å². The van der Waals surface area contributed by atoms with Gasteiger partial charge in [-0.05, 0) is 36.8 Å². The summed E-state index contributed by atoms with van der Waals surface area (Å²) in [5.41, 5.74) is 3.16. The standard InChI is InChI=1S/C10H12.H2O.H3P/c1-2-6-10-8-4-3-7-9(10)5-1;;/h1-2,5-6H,3-4,7-8H2;1H2;1H3. The molecule has 1 aromatic rings. The summed E-state index contributed by atoms with van der Waals surface area (Å²) in [6, 6.07) is 8.80. The van der Waals surface area contributed by atoms with Gasteiger partial charge < -0.3 is 5.48 Å². The van der Waals surface area contributed by atoms with E-state index in [-0.39, 0.29) is 15.4 Å². The summed E-state index contributed by atoms with van der Waals surface area (Å²) in [6.45, 7) is 0. The van der Waals surface area contributed by atoms with E-state index >= 15 is 0 Å². The SMILES string of the molecule is O.P.c1ccc2c(c1)CCCC2. The van der Waals surface area contributed by atoms with Crippen molar-refractivity contribution in [1.82, 2.24) is 0 Å². The smallest absolute Gasteiger partial charge is 0.0276 e. The molecule has 0 aliphatic heterocycles. The monoisotopic (exact) mass is 184 g/mol. The lowest BCUT2D eigenvalue weighted by Crippen LogP contribution is -2.00. The Morgan fingerprint density at radius 2 is 1.25 bits per heavy atom. The van der Waals surface area contributed by atoms with Crippen molar-refractivity contribution >= 4 is 9.90 Å². The highest BCUT2D eigenvalue weighted by molar-refractivity contribution is 6.92. The molecule has 2 N–H and O–H groups in total. The second-order valence-corrected chi connectivity index (χ2v) is 2.98. The van der Waals surface area contributed by atoms with Crippen molar-refractivity contribution < 1.29 is 5.48 Å². The molecule has 12 heavy (non-hydrogen) atoms. The van der Waals surface area contributed by atoms with E-state index in [0.717, 1.165) is 0 Å². The maximum Gasteiger partial charge on any atom is -0.0276 e. The van der Waals surface area contributed by atoms with Crippen LogP contribution in [0.4, 0.5) is 0 Å². The summed E-state index contributed by atoms with van der Waals surface area (Å²) in [5, 5.41) is 0. The van der Waals surface area contributed by atoms with Gasteiger partial charge in [0.25, 0.3) is 0 Å². The van der Waals surface area contributed by atoms with Gasteiger partial charge in [-0.25, -0.2) is 0 Å². The fourth-order valence-electron chi connectivity index (χ4n) is 1.68. The minimum atomic E-state index is 0. The summed E-state index contributed by atoms with van der Waals surface area (Å²) in [7, 11) is 0. The van der Waals surface area contributed by atoms with E-state index in [1.807, 2.05) is 0 Å². The van der Waals surface area contributed by atoms with E-state index in [2.05, 4.69) is 24.3 Å². The van der Waals surface area contributed by atoms with Crippen LogP contribution in [0.25, 0.3) is 0 Å². The first-order chi connectivity index (χ1) is 4.97. The van der Waals surface area contributed by atoms with Crippen LogP contribution in [0.5, 0.6) is 0 Å². The van der Waals surface area contributed by atoms with Crippen molar-refractivity contribution in [3.63, 3.8) is 0 Å². The van der Waals surface area contributed by atoms with E-state index in [9.17, 15) is 0 Å². The maximum absolute atomic E-state index is 2.26. The van der Waals surface area contributed by atoms with Crippen LogP contribution in [0.1, 0.15) is 24.0 Å². The molecule has 0 saturated carbocycles. The summed E-state index contributed by atoms with van der Waals surface area (Å²) in [5.74, 6) is 0. The summed E-state index contributed by atoms with van der Waals surface area (Å²) in [4.78, 5) is 0. The average Bonchev–Trinajstić information content (AvgIpc) is 2.05. The zero-order valence-corrected chi connectivity index (χ0v) is 8.76. The third kappa shape index (κ3) is 2.30. The second-order valence-electron chi connectivity index (χ2n) is 2.98. The molecule has 0 amide bonds. The number of rotatable bonds is 0. The fourth-order valence-corrected chi connectivity index (χ4v) is 1.68. The average molecular weight is 184 g/mol. The topological polar surface area (TPSA) is 31.5 Å². The summed E-state index contributed by atoms with van der Waals surface area (Å²) in [6.07, 6.45) is 5.38. The molecule has 2 rings (SSSR count). The van der Waals surface area contributed by atoms with Gasteiger partial charge in [0.05, 0.1) is 0 Å². The molecule has 0 radical (unpaired) electrons. The quantitative estimate of drug-likeness (QED) is 0.551. The van der Waals surface area contributed by atoms with Crippen molar-refractivity contribution in [2.75, 3.05) is 0 Å². The Balaban J connectivity index is 0.000000605. The molecule has 1 aliphatic carbocycles. The molecule has 1 aromatic carbocycles. The molecule has 0 saturated heterocycles. The third-order valence-electron chi connectivity index (χ3n) is 2.26.